The maximum absolute atomic E-state index is 13.1. The van der Waals surface area contributed by atoms with E-state index in [1.165, 1.54) is 0 Å². The van der Waals surface area contributed by atoms with Crippen LogP contribution in [0.15, 0.2) is 24.3 Å². The van der Waals surface area contributed by atoms with E-state index in [2.05, 4.69) is 10.3 Å². The van der Waals surface area contributed by atoms with Gasteiger partial charge >= 0.3 is 5.97 Å². The van der Waals surface area contributed by atoms with Gasteiger partial charge in [0, 0.05) is 18.1 Å². The van der Waals surface area contributed by atoms with Crippen LogP contribution in [0.25, 0.3) is 5.69 Å². The van der Waals surface area contributed by atoms with E-state index in [1.807, 2.05) is 26.0 Å². The van der Waals surface area contributed by atoms with Gasteiger partial charge in [-0.25, -0.2) is 4.68 Å². The SMILES string of the molecule is CCCc1c(C(=O)N2CCC(C(=O)O)C(C)C2)nnn1-c1cccc(Cl)c1. The molecule has 7 nitrogen and oxygen atoms in total. The van der Waals surface area contributed by atoms with Gasteiger partial charge in [-0.05, 0) is 37.0 Å². The molecule has 1 fully saturated rings. The molecule has 1 saturated heterocycles. The van der Waals surface area contributed by atoms with Gasteiger partial charge in [0.25, 0.3) is 5.91 Å². The van der Waals surface area contributed by atoms with Gasteiger partial charge < -0.3 is 10.0 Å². The quantitative estimate of drug-likeness (QED) is 0.847. The largest absolute Gasteiger partial charge is 0.481 e. The molecule has 8 heteroatoms. The van der Waals surface area contributed by atoms with Gasteiger partial charge in [-0.2, -0.15) is 0 Å². The molecule has 0 bridgehead atoms. The topological polar surface area (TPSA) is 88.3 Å². The number of benzene rings is 1. The van der Waals surface area contributed by atoms with Crippen molar-refractivity contribution in [1.29, 1.82) is 0 Å². The Labute approximate surface area is 162 Å². The molecule has 2 heterocycles. The number of carbonyl (C=O) groups excluding carboxylic acids is 1. The lowest BCUT2D eigenvalue weighted by molar-refractivity contribution is -0.145. The standard InChI is InChI=1S/C19H23ClN4O3/c1-3-5-16-17(21-22-24(16)14-7-4-6-13(20)10-14)18(25)23-9-8-15(19(26)27)12(2)11-23/h4,6-7,10,12,15H,3,5,8-9,11H2,1-2H3,(H,26,27). The second-order valence-corrected chi connectivity index (χ2v) is 7.42. The van der Waals surface area contributed by atoms with Crippen LogP contribution in [0.1, 0.15) is 42.9 Å². The molecule has 1 aliphatic heterocycles. The van der Waals surface area contributed by atoms with Crippen LogP contribution in [-0.2, 0) is 11.2 Å². The van der Waals surface area contributed by atoms with Crippen LogP contribution in [0, 0.1) is 11.8 Å². The second kappa shape index (κ2) is 8.08. The van der Waals surface area contributed by atoms with Gasteiger partial charge in [-0.15, -0.1) is 5.10 Å². The minimum Gasteiger partial charge on any atom is -0.481 e. The molecule has 1 aliphatic rings. The third-order valence-electron chi connectivity index (χ3n) is 5.02. The van der Waals surface area contributed by atoms with Crippen LogP contribution in [0.4, 0.5) is 0 Å². The van der Waals surface area contributed by atoms with Crippen molar-refractivity contribution in [1.82, 2.24) is 19.9 Å². The highest BCUT2D eigenvalue weighted by Crippen LogP contribution is 2.26. The number of hydrogen-bond donors (Lipinski definition) is 1. The minimum atomic E-state index is -0.798. The monoisotopic (exact) mass is 390 g/mol. The van der Waals surface area contributed by atoms with Crippen molar-refractivity contribution < 1.29 is 14.7 Å². The zero-order chi connectivity index (χ0) is 19.6. The summed E-state index contributed by atoms with van der Waals surface area (Å²) >= 11 is 6.09. The summed E-state index contributed by atoms with van der Waals surface area (Å²) in [4.78, 5) is 26.1. The highest BCUT2D eigenvalue weighted by atomic mass is 35.5. The highest BCUT2D eigenvalue weighted by molar-refractivity contribution is 6.30. The van der Waals surface area contributed by atoms with Crippen LogP contribution >= 0.6 is 11.6 Å². The average Bonchev–Trinajstić information content (AvgIpc) is 3.04. The van der Waals surface area contributed by atoms with E-state index in [0.29, 0.717) is 36.6 Å². The number of aliphatic carboxylic acids is 1. The van der Waals surface area contributed by atoms with E-state index in [0.717, 1.165) is 17.8 Å². The Balaban J connectivity index is 1.88. The summed E-state index contributed by atoms with van der Waals surface area (Å²) in [5.41, 5.74) is 1.84. The molecule has 2 unspecified atom stereocenters. The summed E-state index contributed by atoms with van der Waals surface area (Å²) in [7, 11) is 0. The van der Waals surface area contributed by atoms with E-state index in [1.54, 1.807) is 21.7 Å². The van der Waals surface area contributed by atoms with E-state index >= 15 is 0 Å². The van der Waals surface area contributed by atoms with Crippen LogP contribution in [0.5, 0.6) is 0 Å². The van der Waals surface area contributed by atoms with E-state index < -0.39 is 11.9 Å². The van der Waals surface area contributed by atoms with Crippen molar-refractivity contribution in [2.45, 2.75) is 33.1 Å². The molecule has 0 spiro atoms. The number of amides is 1. The summed E-state index contributed by atoms with van der Waals surface area (Å²) in [5.74, 6) is -1.50. The molecule has 2 aromatic rings. The lowest BCUT2D eigenvalue weighted by Gasteiger charge is -2.34. The number of aromatic nitrogens is 3. The van der Waals surface area contributed by atoms with Crippen LogP contribution in [0.2, 0.25) is 5.02 Å². The van der Waals surface area contributed by atoms with E-state index in [4.69, 9.17) is 11.6 Å². The van der Waals surface area contributed by atoms with Crippen LogP contribution in [-0.4, -0.2) is 50.0 Å². The van der Waals surface area contributed by atoms with Crippen molar-refractivity contribution in [3.05, 3.63) is 40.7 Å². The fourth-order valence-electron chi connectivity index (χ4n) is 3.59. The summed E-state index contributed by atoms with van der Waals surface area (Å²) in [6.07, 6.45) is 1.95. The van der Waals surface area contributed by atoms with Gasteiger partial charge in [0.15, 0.2) is 5.69 Å². The Morgan fingerprint density at radius 1 is 1.37 bits per heavy atom. The average molecular weight is 391 g/mol. The molecule has 1 amide bonds. The molecule has 1 aromatic heterocycles. The van der Waals surface area contributed by atoms with Crippen molar-refractivity contribution >= 4 is 23.5 Å². The Bertz CT molecular complexity index is 851. The summed E-state index contributed by atoms with van der Waals surface area (Å²) in [5, 5.41) is 18.2. The summed E-state index contributed by atoms with van der Waals surface area (Å²) in [6, 6.07) is 7.26. The van der Waals surface area contributed by atoms with Gasteiger partial charge in [-0.1, -0.05) is 43.1 Å². The number of rotatable bonds is 5. The predicted octanol–water partition coefficient (Wildman–Crippen LogP) is 3.06. The first-order valence-electron chi connectivity index (χ1n) is 9.15. The van der Waals surface area contributed by atoms with Crippen molar-refractivity contribution in [3.63, 3.8) is 0 Å². The Morgan fingerprint density at radius 2 is 2.15 bits per heavy atom. The Morgan fingerprint density at radius 3 is 2.78 bits per heavy atom. The highest BCUT2D eigenvalue weighted by Gasteiger charge is 2.35. The molecule has 0 radical (unpaired) electrons. The molecule has 1 aromatic carbocycles. The molecule has 1 N–H and O–H groups in total. The van der Waals surface area contributed by atoms with Crippen molar-refractivity contribution in [3.8, 4) is 5.69 Å². The molecule has 144 valence electrons. The maximum Gasteiger partial charge on any atom is 0.306 e. The van der Waals surface area contributed by atoms with Gasteiger partial charge in [0.2, 0.25) is 0 Å². The number of piperidine rings is 1. The Kier molecular flexibility index (Phi) is 5.79. The van der Waals surface area contributed by atoms with Gasteiger partial charge in [0.05, 0.1) is 17.3 Å². The summed E-state index contributed by atoms with van der Waals surface area (Å²) in [6.45, 7) is 4.72. The number of carbonyl (C=O) groups is 2. The van der Waals surface area contributed by atoms with Gasteiger partial charge in [-0.3, -0.25) is 9.59 Å². The lowest BCUT2D eigenvalue weighted by atomic mass is 9.87. The first-order chi connectivity index (χ1) is 12.9. The molecule has 3 rings (SSSR count). The lowest BCUT2D eigenvalue weighted by Crippen LogP contribution is -2.45. The van der Waals surface area contributed by atoms with Gasteiger partial charge in [0.1, 0.15) is 0 Å². The number of nitrogens with zero attached hydrogens (tertiary/aromatic N) is 4. The molecule has 0 aliphatic carbocycles. The maximum atomic E-state index is 13.1. The van der Waals surface area contributed by atoms with Crippen LogP contribution < -0.4 is 0 Å². The van der Waals surface area contributed by atoms with E-state index in [-0.39, 0.29) is 11.8 Å². The fourth-order valence-corrected chi connectivity index (χ4v) is 3.78. The van der Waals surface area contributed by atoms with Crippen molar-refractivity contribution in [2.75, 3.05) is 13.1 Å². The zero-order valence-electron chi connectivity index (χ0n) is 15.4. The number of carboxylic acids is 1. The van der Waals surface area contributed by atoms with E-state index in [9.17, 15) is 14.7 Å². The van der Waals surface area contributed by atoms with Crippen molar-refractivity contribution in [2.24, 2.45) is 11.8 Å². The number of likely N-dealkylation sites (tertiary alicyclic amines) is 1. The first kappa shape index (κ1) is 19.4. The first-order valence-corrected chi connectivity index (χ1v) is 9.52. The third kappa shape index (κ3) is 3.98. The minimum absolute atomic E-state index is 0.0993. The zero-order valence-corrected chi connectivity index (χ0v) is 16.2. The fraction of sp³-hybridized carbons (Fsp3) is 0.474. The predicted molar refractivity (Wildman–Crippen MR) is 101 cm³/mol. The third-order valence-corrected chi connectivity index (χ3v) is 5.25. The molecular weight excluding hydrogens is 368 g/mol. The normalized spacial score (nSPS) is 19.9. The second-order valence-electron chi connectivity index (χ2n) is 6.99. The summed E-state index contributed by atoms with van der Waals surface area (Å²) < 4.78 is 1.66. The molecule has 0 saturated carbocycles. The molecular formula is C19H23ClN4O3. The molecule has 2 atom stereocenters. The van der Waals surface area contributed by atoms with Crippen LogP contribution in [0.3, 0.4) is 0 Å². The number of carboxylic acid groups (broad SMARTS) is 1. The number of halogens is 1. The Hall–Kier alpha value is -2.41. The number of hydrogen-bond acceptors (Lipinski definition) is 4. The smallest absolute Gasteiger partial charge is 0.306 e. The molecule has 27 heavy (non-hydrogen) atoms.